The van der Waals surface area contributed by atoms with E-state index < -0.39 is 33.4 Å². The van der Waals surface area contributed by atoms with E-state index in [1.54, 1.807) is 40.8 Å². The maximum Gasteiger partial charge on any atom is 0.247 e. The van der Waals surface area contributed by atoms with E-state index in [4.69, 9.17) is 0 Å². The number of likely N-dealkylation sites (tertiary alicyclic amines) is 1. The molecule has 0 aliphatic carbocycles. The molecular formula is C29H47N3O4S. The summed E-state index contributed by atoms with van der Waals surface area (Å²) in [6.07, 6.45) is 7.48. The van der Waals surface area contributed by atoms with Gasteiger partial charge in [0.15, 0.2) is 0 Å². The molecular weight excluding hydrogens is 486 g/mol. The molecule has 7 nitrogen and oxygen atoms in total. The summed E-state index contributed by atoms with van der Waals surface area (Å²) in [5.74, 6) is -1.38. The molecule has 3 amide bonds. The van der Waals surface area contributed by atoms with Crippen LogP contribution in [0.1, 0.15) is 66.7 Å². The predicted octanol–water partition coefficient (Wildman–Crippen LogP) is 3.72. The lowest BCUT2D eigenvalue weighted by atomic mass is 9.66. The Labute approximate surface area is 227 Å². The molecule has 3 heterocycles. The van der Waals surface area contributed by atoms with E-state index in [1.807, 2.05) is 18.7 Å². The summed E-state index contributed by atoms with van der Waals surface area (Å²) in [5, 5.41) is 10.5. The van der Waals surface area contributed by atoms with Crippen LogP contribution in [-0.2, 0) is 14.4 Å². The minimum atomic E-state index is -0.718. The van der Waals surface area contributed by atoms with Gasteiger partial charge in [0, 0.05) is 30.9 Å². The van der Waals surface area contributed by atoms with Crippen molar-refractivity contribution in [2.75, 3.05) is 26.7 Å². The Kier molecular flexibility index (Phi) is 9.26. The molecule has 8 heteroatoms. The van der Waals surface area contributed by atoms with E-state index in [0.29, 0.717) is 19.5 Å². The third kappa shape index (κ3) is 4.77. The van der Waals surface area contributed by atoms with Crippen LogP contribution in [0.3, 0.4) is 0 Å². The number of rotatable bonds is 13. The fourth-order valence-electron chi connectivity index (χ4n) is 7.07. The second kappa shape index (κ2) is 11.5. The van der Waals surface area contributed by atoms with Gasteiger partial charge in [-0.2, -0.15) is 0 Å². The first-order valence-corrected chi connectivity index (χ1v) is 14.7. The number of hydrogen-bond acceptors (Lipinski definition) is 5. The first kappa shape index (κ1) is 29.8. The molecule has 1 spiro atoms. The molecule has 3 unspecified atom stereocenters. The molecule has 0 aromatic carbocycles. The van der Waals surface area contributed by atoms with Gasteiger partial charge in [-0.05, 0) is 39.0 Å². The van der Waals surface area contributed by atoms with Crippen LogP contribution in [-0.4, -0.2) is 91.9 Å². The van der Waals surface area contributed by atoms with Crippen molar-refractivity contribution in [3.05, 3.63) is 25.3 Å². The van der Waals surface area contributed by atoms with Gasteiger partial charge < -0.3 is 19.8 Å². The number of hydrogen-bond donors (Lipinski definition) is 1. The van der Waals surface area contributed by atoms with E-state index >= 15 is 0 Å². The Morgan fingerprint density at radius 1 is 1.19 bits per heavy atom. The highest BCUT2D eigenvalue weighted by Crippen LogP contribution is 2.72. The number of thioether (sulfide) groups is 1. The SMILES string of the molecule is C=CCN(C)C(=O)[C@H]1[C@H]2C(=O)N([C@@H](CO)[C@@H](C)CC)C(C(=O)N(CC=C)C(C)CCC)C23CC[C@]1(C)S3. The maximum atomic E-state index is 14.6. The van der Waals surface area contributed by atoms with Gasteiger partial charge in [0.2, 0.25) is 17.7 Å². The van der Waals surface area contributed by atoms with Crippen LogP contribution in [0.25, 0.3) is 0 Å². The van der Waals surface area contributed by atoms with Crippen molar-refractivity contribution >= 4 is 29.5 Å². The van der Waals surface area contributed by atoms with E-state index in [1.165, 1.54) is 0 Å². The Bertz CT molecular complexity index is 912. The first-order valence-electron chi connectivity index (χ1n) is 13.9. The van der Waals surface area contributed by atoms with Crippen molar-refractivity contribution in [2.24, 2.45) is 17.8 Å². The summed E-state index contributed by atoms with van der Waals surface area (Å²) in [6, 6.07) is -1.20. The van der Waals surface area contributed by atoms with Crippen LogP contribution in [0.5, 0.6) is 0 Å². The highest BCUT2D eigenvalue weighted by molar-refractivity contribution is 8.02. The van der Waals surface area contributed by atoms with Gasteiger partial charge in [0.05, 0.1) is 29.2 Å². The summed E-state index contributed by atoms with van der Waals surface area (Å²) in [7, 11) is 1.75. The minimum Gasteiger partial charge on any atom is -0.394 e. The Hall–Kier alpha value is -1.80. The van der Waals surface area contributed by atoms with Crippen molar-refractivity contribution in [1.82, 2.24) is 14.7 Å². The summed E-state index contributed by atoms with van der Waals surface area (Å²) in [6.45, 7) is 18.6. The zero-order valence-electron chi connectivity index (χ0n) is 23.6. The second-order valence-corrected chi connectivity index (χ2v) is 13.4. The van der Waals surface area contributed by atoms with Crippen molar-refractivity contribution in [1.29, 1.82) is 0 Å². The van der Waals surface area contributed by atoms with Crippen molar-refractivity contribution in [2.45, 2.75) is 94.3 Å². The van der Waals surface area contributed by atoms with Gasteiger partial charge in [0.1, 0.15) is 6.04 Å². The molecule has 3 rings (SSSR count). The topological polar surface area (TPSA) is 81.2 Å². The lowest BCUT2D eigenvalue weighted by Crippen LogP contribution is -2.59. The van der Waals surface area contributed by atoms with Gasteiger partial charge >= 0.3 is 0 Å². The molecule has 0 aromatic heterocycles. The smallest absolute Gasteiger partial charge is 0.247 e. The molecule has 0 aromatic rings. The van der Waals surface area contributed by atoms with Crippen LogP contribution in [0.4, 0.5) is 0 Å². The van der Waals surface area contributed by atoms with Gasteiger partial charge in [0.25, 0.3) is 0 Å². The lowest BCUT2D eigenvalue weighted by Gasteiger charge is -2.42. The Morgan fingerprint density at radius 2 is 1.84 bits per heavy atom. The van der Waals surface area contributed by atoms with Gasteiger partial charge in [-0.15, -0.1) is 24.9 Å². The average Bonchev–Trinajstić information content (AvgIpc) is 3.43. The molecule has 1 N–H and O–H groups in total. The first-order chi connectivity index (χ1) is 17.5. The fourth-order valence-corrected chi connectivity index (χ4v) is 9.40. The number of likely N-dealkylation sites (N-methyl/N-ethyl adjacent to an activating group) is 1. The molecule has 0 radical (unpaired) electrons. The predicted molar refractivity (Wildman–Crippen MR) is 150 cm³/mol. The maximum absolute atomic E-state index is 14.6. The second-order valence-electron chi connectivity index (χ2n) is 11.5. The van der Waals surface area contributed by atoms with Crippen LogP contribution in [0.15, 0.2) is 25.3 Å². The van der Waals surface area contributed by atoms with Crippen LogP contribution < -0.4 is 0 Å². The lowest BCUT2D eigenvalue weighted by molar-refractivity contribution is -0.149. The van der Waals surface area contributed by atoms with Gasteiger partial charge in [-0.3, -0.25) is 14.4 Å². The third-order valence-corrected chi connectivity index (χ3v) is 11.2. The summed E-state index contributed by atoms with van der Waals surface area (Å²) in [5.41, 5.74) is 0. The van der Waals surface area contributed by atoms with Crippen molar-refractivity contribution in [3.8, 4) is 0 Å². The van der Waals surface area contributed by atoms with Crippen LogP contribution in [0.2, 0.25) is 0 Å². The molecule has 3 aliphatic heterocycles. The number of aliphatic hydroxyl groups is 1. The molecule has 3 fully saturated rings. The van der Waals surface area contributed by atoms with E-state index in [2.05, 4.69) is 33.9 Å². The summed E-state index contributed by atoms with van der Waals surface area (Å²) in [4.78, 5) is 48.0. The van der Waals surface area contributed by atoms with Crippen molar-refractivity contribution in [3.63, 3.8) is 0 Å². The van der Waals surface area contributed by atoms with Gasteiger partial charge in [-0.25, -0.2) is 0 Å². The molecule has 0 saturated carbocycles. The molecule has 2 bridgehead atoms. The quantitative estimate of drug-likeness (QED) is 0.365. The Morgan fingerprint density at radius 3 is 2.38 bits per heavy atom. The fraction of sp³-hybridized carbons (Fsp3) is 0.759. The van der Waals surface area contributed by atoms with E-state index in [9.17, 15) is 19.5 Å². The standard InChI is InChI=1S/C29H47N3O4S/c1-9-13-20(6)31(17-11-3)27(36)24-29-15-14-28(7,37-29)22(25(34)30(8)16-10-2)23(29)26(35)32(24)21(18-33)19(5)12-4/h10-11,19-24,33H,2-3,9,12-18H2,1,4-8H3/t19-,20?,21-,22+,23-,24?,28-,29?/m0/s1. The molecule has 3 saturated heterocycles. The third-order valence-electron chi connectivity index (χ3n) is 9.19. The number of nitrogens with zero attached hydrogens (tertiary/aromatic N) is 3. The molecule has 3 aliphatic rings. The molecule has 37 heavy (non-hydrogen) atoms. The highest BCUT2D eigenvalue weighted by Gasteiger charge is 2.78. The largest absolute Gasteiger partial charge is 0.394 e. The molecule has 208 valence electrons. The number of carbonyl (C=O) groups excluding carboxylic acids is 3. The number of fused-ring (bicyclic) bond motifs is 1. The minimum absolute atomic E-state index is 0.00517. The van der Waals surface area contributed by atoms with Gasteiger partial charge in [-0.1, -0.05) is 45.8 Å². The number of amides is 3. The normalized spacial score (nSPS) is 32.6. The average molecular weight is 534 g/mol. The molecule has 8 atom stereocenters. The Balaban J connectivity index is 2.17. The zero-order chi connectivity index (χ0) is 27.7. The number of aliphatic hydroxyl groups excluding tert-OH is 1. The number of carbonyl (C=O) groups is 3. The van der Waals surface area contributed by atoms with Crippen molar-refractivity contribution < 1.29 is 19.5 Å². The zero-order valence-corrected chi connectivity index (χ0v) is 24.4. The van der Waals surface area contributed by atoms with E-state index in [-0.39, 0.29) is 36.3 Å². The van der Waals surface area contributed by atoms with Crippen LogP contribution >= 0.6 is 11.8 Å². The summed E-state index contributed by atoms with van der Waals surface area (Å²) >= 11 is 1.68. The summed E-state index contributed by atoms with van der Waals surface area (Å²) < 4.78 is -1.11. The monoisotopic (exact) mass is 533 g/mol. The van der Waals surface area contributed by atoms with E-state index in [0.717, 1.165) is 25.7 Å². The van der Waals surface area contributed by atoms with Crippen LogP contribution in [0, 0.1) is 17.8 Å². The highest BCUT2D eigenvalue weighted by atomic mass is 32.2.